The zero-order valence-electron chi connectivity index (χ0n) is 8.88. The smallest absolute Gasteiger partial charge is 0.249 e. The maximum absolute atomic E-state index is 11.7. The van der Waals surface area contributed by atoms with Crippen LogP contribution in [0.3, 0.4) is 0 Å². The van der Waals surface area contributed by atoms with Crippen LogP contribution in [-0.2, 0) is 9.63 Å². The molecule has 0 aromatic carbocycles. The highest BCUT2D eigenvalue weighted by Crippen LogP contribution is 2.47. The maximum Gasteiger partial charge on any atom is 0.249 e. The van der Waals surface area contributed by atoms with Crippen LogP contribution in [-0.4, -0.2) is 30.1 Å². The number of rotatable bonds is 3. The fourth-order valence-corrected chi connectivity index (χ4v) is 1.71. The molecule has 1 aromatic heterocycles. The second-order valence-corrected chi connectivity index (χ2v) is 3.72. The number of hydrogen-bond acceptors (Lipinski definition) is 3. The van der Waals surface area contributed by atoms with Crippen molar-refractivity contribution in [1.29, 1.82) is 0 Å². The van der Waals surface area contributed by atoms with E-state index >= 15 is 0 Å². The number of amides is 1. The van der Waals surface area contributed by atoms with Crippen molar-refractivity contribution in [3.8, 4) is 0 Å². The minimum absolute atomic E-state index is 0.0353. The van der Waals surface area contributed by atoms with Crippen LogP contribution in [0.4, 0.5) is 0 Å². The van der Waals surface area contributed by atoms with E-state index in [1.165, 1.54) is 12.2 Å². The summed E-state index contributed by atoms with van der Waals surface area (Å²) in [6.45, 7) is 0. The van der Waals surface area contributed by atoms with Crippen LogP contribution in [0.25, 0.3) is 0 Å². The van der Waals surface area contributed by atoms with Crippen LogP contribution in [0, 0.1) is 5.92 Å². The van der Waals surface area contributed by atoms with E-state index in [1.807, 2.05) is 18.2 Å². The molecule has 1 aliphatic carbocycles. The molecule has 2 rings (SSSR count). The Morgan fingerprint density at radius 1 is 1.60 bits per heavy atom. The lowest BCUT2D eigenvalue weighted by Crippen LogP contribution is -2.27. The Labute approximate surface area is 88.8 Å². The lowest BCUT2D eigenvalue weighted by atomic mass is 10.2. The van der Waals surface area contributed by atoms with Crippen LogP contribution in [0.5, 0.6) is 0 Å². The largest absolute Gasteiger partial charge is 0.275 e. The highest BCUT2D eigenvalue weighted by atomic mass is 16.7. The Kier molecular flexibility index (Phi) is 2.68. The summed E-state index contributed by atoms with van der Waals surface area (Å²) in [7, 11) is 3.13. The fraction of sp³-hybridized carbons (Fsp3) is 0.455. The Balaban J connectivity index is 2.00. The van der Waals surface area contributed by atoms with Crippen molar-refractivity contribution in [3.05, 3.63) is 30.1 Å². The number of pyridine rings is 1. The van der Waals surface area contributed by atoms with E-state index in [1.54, 1.807) is 13.2 Å². The van der Waals surface area contributed by atoms with Crippen molar-refractivity contribution in [2.45, 2.75) is 12.3 Å². The summed E-state index contributed by atoms with van der Waals surface area (Å²) in [6, 6.07) is 5.79. The molecule has 0 aliphatic heterocycles. The number of hydroxylamine groups is 2. The van der Waals surface area contributed by atoms with Crippen molar-refractivity contribution < 1.29 is 9.63 Å². The summed E-state index contributed by atoms with van der Waals surface area (Å²) in [5.41, 5.74) is 1.00. The molecule has 1 amide bonds. The van der Waals surface area contributed by atoms with Crippen LogP contribution in [0.2, 0.25) is 0 Å². The predicted molar refractivity (Wildman–Crippen MR) is 54.9 cm³/mol. The molecule has 1 aliphatic rings. The van der Waals surface area contributed by atoms with Gasteiger partial charge >= 0.3 is 0 Å². The Morgan fingerprint density at radius 3 is 3.00 bits per heavy atom. The number of aromatic nitrogens is 1. The van der Waals surface area contributed by atoms with Crippen molar-refractivity contribution >= 4 is 5.91 Å². The average Bonchev–Trinajstić information content (AvgIpc) is 3.08. The topological polar surface area (TPSA) is 42.4 Å². The maximum atomic E-state index is 11.7. The van der Waals surface area contributed by atoms with Crippen LogP contribution in [0.15, 0.2) is 24.4 Å². The molecule has 0 radical (unpaired) electrons. The lowest BCUT2D eigenvalue weighted by molar-refractivity contribution is -0.170. The molecule has 4 heteroatoms. The molecule has 2 atom stereocenters. The highest BCUT2D eigenvalue weighted by Gasteiger charge is 2.46. The second-order valence-electron chi connectivity index (χ2n) is 3.72. The van der Waals surface area contributed by atoms with E-state index in [4.69, 9.17) is 4.84 Å². The Hall–Kier alpha value is -1.42. The summed E-state index contributed by atoms with van der Waals surface area (Å²) < 4.78 is 0. The van der Waals surface area contributed by atoms with Gasteiger partial charge in [-0.15, -0.1) is 0 Å². The van der Waals surface area contributed by atoms with Gasteiger partial charge in [-0.25, -0.2) is 5.06 Å². The van der Waals surface area contributed by atoms with Crippen molar-refractivity contribution in [2.75, 3.05) is 14.2 Å². The summed E-state index contributed by atoms with van der Waals surface area (Å²) in [5, 5.41) is 1.29. The van der Waals surface area contributed by atoms with Crippen LogP contribution in [0.1, 0.15) is 18.0 Å². The molecule has 0 N–H and O–H groups in total. The van der Waals surface area contributed by atoms with Gasteiger partial charge in [-0.3, -0.25) is 14.6 Å². The third kappa shape index (κ3) is 1.99. The zero-order chi connectivity index (χ0) is 10.8. The first-order valence-electron chi connectivity index (χ1n) is 4.96. The first-order valence-corrected chi connectivity index (χ1v) is 4.96. The molecule has 4 nitrogen and oxygen atoms in total. The van der Waals surface area contributed by atoms with Gasteiger partial charge in [-0.2, -0.15) is 0 Å². The fourth-order valence-electron chi connectivity index (χ4n) is 1.71. The molecule has 0 bridgehead atoms. The molecule has 1 fully saturated rings. The first-order chi connectivity index (χ1) is 7.24. The molecule has 2 unspecified atom stereocenters. The minimum Gasteiger partial charge on any atom is -0.275 e. The zero-order valence-corrected chi connectivity index (χ0v) is 8.88. The van der Waals surface area contributed by atoms with Gasteiger partial charge in [0.05, 0.1) is 7.11 Å². The van der Waals surface area contributed by atoms with Gasteiger partial charge in [0.1, 0.15) is 0 Å². The van der Waals surface area contributed by atoms with E-state index in [9.17, 15) is 4.79 Å². The van der Waals surface area contributed by atoms with Gasteiger partial charge in [0.2, 0.25) is 5.91 Å². The van der Waals surface area contributed by atoms with Gasteiger partial charge in [0.15, 0.2) is 0 Å². The molecule has 15 heavy (non-hydrogen) atoms. The van der Waals surface area contributed by atoms with Crippen LogP contribution >= 0.6 is 0 Å². The summed E-state index contributed by atoms with van der Waals surface area (Å²) in [4.78, 5) is 20.8. The molecule has 1 heterocycles. The summed E-state index contributed by atoms with van der Waals surface area (Å²) in [6.07, 6.45) is 2.64. The molecule has 0 spiro atoms. The monoisotopic (exact) mass is 206 g/mol. The Bertz CT molecular complexity index is 353. The van der Waals surface area contributed by atoms with Gasteiger partial charge < -0.3 is 0 Å². The van der Waals surface area contributed by atoms with E-state index in [0.717, 1.165) is 12.1 Å². The van der Waals surface area contributed by atoms with Gasteiger partial charge in [0.25, 0.3) is 0 Å². The van der Waals surface area contributed by atoms with Gasteiger partial charge in [-0.1, -0.05) is 6.07 Å². The Morgan fingerprint density at radius 2 is 2.40 bits per heavy atom. The number of nitrogens with zero attached hydrogens (tertiary/aromatic N) is 2. The molecule has 0 saturated heterocycles. The molecule has 80 valence electrons. The first kappa shape index (κ1) is 10.1. The average molecular weight is 206 g/mol. The van der Waals surface area contributed by atoms with Crippen molar-refractivity contribution in [1.82, 2.24) is 10.0 Å². The van der Waals surface area contributed by atoms with Gasteiger partial charge in [-0.05, 0) is 18.6 Å². The quantitative estimate of drug-likeness (QED) is 0.698. The second kappa shape index (κ2) is 3.98. The number of hydrogen-bond donors (Lipinski definition) is 0. The van der Waals surface area contributed by atoms with Gasteiger partial charge in [0, 0.05) is 30.8 Å². The minimum atomic E-state index is 0.0353. The third-order valence-corrected chi connectivity index (χ3v) is 2.76. The van der Waals surface area contributed by atoms with Crippen molar-refractivity contribution in [2.24, 2.45) is 5.92 Å². The number of carbonyl (C=O) groups excluding carboxylic acids is 1. The van der Waals surface area contributed by atoms with E-state index in [0.29, 0.717) is 0 Å². The summed E-state index contributed by atoms with van der Waals surface area (Å²) >= 11 is 0. The SMILES string of the molecule is CON(C)C(=O)C1CC1c1ccccn1. The third-order valence-electron chi connectivity index (χ3n) is 2.76. The van der Waals surface area contributed by atoms with Crippen molar-refractivity contribution in [3.63, 3.8) is 0 Å². The molecular weight excluding hydrogens is 192 g/mol. The molecule has 1 saturated carbocycles. The molecule has 1 aromatic rings. The van der Waals surface area contributed by atoms with E-state index < -0.39 is 0 Å². The normalized spacial score (nSPS) is 23.6. The predicted octanol–water partition coefficient (Wildman–Crippen LogP) is 1.20. The standard InChI is InChI=1S/C11H14N2O2/c1-13(15-2)11(14)9-7-8(9)10-5-3-4-6-12-10/h3-6,8-9H,7H2,1-2H3. The number of carbonyl (C=O) groups is 1. The molecular formula is C11H14N2O2. The summed E-state index contributed by atoms with van der Waals surface area (Å²) in [5.74, 6) is 0.356. The van der Waals surface area contributed by atoms with E-state index in [-0.39, 0.29) is 17.7 Å². The van der Waals surface area contributed by atoms with Crippen LogP contribution < -0.4 is 0 Å². The highest BCUT2D eigenvalue weighted by molar-refractivity contribution is 5.81. The van der Waals surface area contributed by atoms with E-state index in [2.05, 4.69) is 4.98 Å². The lowest BCUT2D eigenvalue weighted by Gasteiger charge is -2.12.